The molecule has 0 rings (SSSR count). The second-order valence-corrected chi connectivity index (χ2v) is 33.5. The molecular weight excluding hydrogens is 1330 g/mol. The van der Waals surface area contributed by atoms with Crippen molar-refractivity contribution >= 4 is 39.5 Å². The quantitative estimate of drug-likeness (QED) is 0.0222. The molecule has 0 aromatic rings. The first-order chi connectivity index (χ1) is 49.4. The maximum Gasteiger partial charge on any atom is 0.472 e. The third kappa shape index (κ3) is 74.9. The van der Waals surface area contributed by atoms with Crippen molar-refractivity contribution in [3.8, 4) is 0 Å². The smallest absolute Gasteiger partial charge is 0.462 e. The van der Waals surface area contributed by atoms with Gasteiger partial charge in [-0.05, 0) is 37.5 Å². The molecule has 0 spiro atoms. The average molecular weight is 1490 g/mol. The van der Waals surface area contributed by atoms with Gasteiger partial charge in [0.25, 0.3) is 0 Å². The predicted molar refractivity (Wildman–Crippen MR) is 418 cm³/mol. The molecule has 606 valence electrons. The van der Waals surface area contributed by atoms with E-state index in [1.807, 2.05) is 0 Å². The summed E-state index contributed by atoms with van der Waals surface area (Å²) in [6, 6.07) is 0. The van der Waals surface area contributed by atoms with Gasteiger partial charge in [-0.2, -0.15) is 0 Å². The highest BCUT2D eigenvalue weighted by Gasteiger charge is 2.30. The van der Waals surface area contributed by atoms with Crippen LogP contribution < -0.4 is 0 Å². The minimum atomic E-state index is -4.96. The zero-order valence-corrected chi connectivity index (χ0v) is 68.7. The van der Waals surface area contributed by atoms with Crippen molar-refractivity contribution in [1.29, 1.82) is 0 Å². The fourth-order valence-corrected chi connectivity index (χ4v) is 14.4. The molecule has 17 nitrogen and oxygen atoms in total. The van der Waals surface area contributed by atoms with Gasteiger partial charge < -0.3 is 33.8 Å². The number of ether oxygens (including phenoxy) is 4. The summed E-state index contributed by atoms with van der Waals surface area (Å²) in [5.41, 5.74) is 0. The normalized spacial score (nSPS) is 14.1. The molecule has 6 atom stereocenters. The van der Waals surface area contributed by atoms with Gasteiger partial charge in [0.1, 0.15) is 19.3 Å². The molecule has 0 aromatic heterocycles. The van der Waals surface area contributed by atoms with Crippen LogP contribution in [-0.4, -0.2) is 96.7 Å². The Morgan fingerprint density at radius 1 is 0.284 bits per heavy atom. The molecule has 0 amide bonds. The van der Waals surface area contributed by atoms with Gasteiger partial charge in [0.2, 0.25) is 0 Å². The Labute approximate surface area is 626 Å². The molecule has 0 bridgehead atoms. The first kappa shape index (κ1) is 100. The molecule has 0 aromatic carbocycles. The summed E-state index contributed by atoms with van der Waals surface area (Å²) in [4.78, 5) is 73.2. The Hall–Kier alpha value is -1.94. The lowest BCUT2D eigenvalue weighted by Crippen LogP contribution is -2.30. The van der Waals surface area contributed by atoms with Crippen molar-refractivity contribution in [2.75, 3.05) is 39.6 Å². The van der Waals surface area contributed by atoms with E-state index >= 15 is 0 Å². The molecule has 0 saturated heterocycles. The standard InChI is InChI=1S/C83H162O17P2/c1-7-10-12-14-16-18-20-22-23-24-25-26-32-36-43-49-55-61-67-82(87)99-78(71-94-81(86)66-60-54-48-42-35-31-28-27-30-33-39-45-51-57-63-75(4)5)73-97-101(89,90)95-69-77(84)70-96-102(91,92)98-74-79(72-93-80(85)65-59-53-47-41-34-29-21-19-17-15-13-11-8-2)100-83(88)68-62-56-50-44-38-37-40-46-52-58-64-76(6)9-3/h75-79,84H,7-74H2,1-6H3,(H,89,90)(H,91,92)/t76?,77-,78-,79-/m1/s1. The van der Waals surface area contributed by atoms with Crippen LogP contribution >= 0.6 is 15.6 Å². The van der Waals surface area contributed by atoms with E-state index in [0.717, 1.165) is 102 Å². The topological polar surface area (TPSA) is 237 Å². The van der Waals surface area contributed by atoms with Crippen molar-refractivity contribution in [3.05, 3.63) is 0 Å². The Balaban J connectivity index is 5.27. The van der Waals surface area contributed by atoms with Gasteiger partial charge in [-0.15, -0.1) is 0 Å². The van der Waals surface area contributed by atoms with Gasteiger partial charge in [0.15, 0.2) is 12.2 Å². The van der Waals surface area contributed by atoms with E-state index in [1.54, 1.807) is 0 Å². The minimum absolute atomic E-state index is 0.107. The number of aliphatic hydroxyl groups excluding tert-OH is 1. The third-order valence-electron chi connectivity index (χ3n) is 19.8. The van der Waals surface area contributed by atoms with Crippen molar-refractivity contribution in [2.24, 2.45) is 11.8 Å². The predicted octanol–water partition coefficient (Wildman–Crippen LogP) is 25.1. The number of carbonyl (C=O) groups excluding carboxylic acids is 4. The zero-order chi connectivity index (χ0) is 74.9. The van der Waals surface area contributed by atoms with Crippen LogP contribution in [0.4, 0.5) is 0 Å². The van der Waals surface area contributed by atoms with Gasteiger partial charge in [0.05, 0.1) is 26.4 Å². The molecule has 102 heavy (non-hydrogen) atoms. The molecule has 3 unspecified atom stereocenters. The lowest BCUT2D eigenvalue weighted by Gasteiger charge is -2.21. The molecule has 3 N–H and O–H groups in total. The molecular formula is C83H162O17P2. The average Bonchev–Trinajstić information content (AvgIpc) is 0.933. The van der Waals surface area contributed by atoms with E-state index < -0.39 is 97.5 Å². The summed E-state index contributed by atoms with van der Waals surface area (Å²) in [6.07, 6.45) is 65.0. The fourth-order valence-electron chi connectivity index (χ4n) is 12.9. The number of aliphatic hydroxyl groups is 1. The van der Waals surface area contributed by atoms with E-state index in [9.17, 15) is 43.2 Å². The number of esters is 4. The van der Waals surface area contributed by atoms with Gasteiger partial charge in [-0.1, -0.05) is 388 Å². The number of hydrogen-bond acceptors (Lipinski definition) is 15. The largest absolute Gasteiger partial charge is 0.472 e. The summed E-state index contributed by atoms with van der Waals surface area (Å²) in [5, 5.41) is 10.7. The number of phosphoric acid groups is 2. The fraction of sp³-hybridized carbons (Fsp3) is 0.952. The van der Waals surface area contributed by atoms with Gasteiger partial charge in [-0.25, -0.2) is 9.13 Å². The summed E-state index contributed by atoms with van der Waals surface area (Å²) in [6.45, 7) is 9.71. The highest BCUT2D eigenvalue weighted by atomic mass is 31.2. The second-order valence-electron chi connectivity index (χ2n) is 30.6. The molecule has 0 aliphatic heterocycles. The van der Waals surface area contributed by atoms with Crippen molar-refractivity contribution in [3.63, 3.8) is 0 Å². The van der Waals surface area contributed by atoms with E-state index in [-0.39, 0.29) is 25.7 Å². The van der Waals surface area contributed by atoms with Crippen molar-refractivity contribution in [2.45, 2.75) is 458 Å². The molecule has 0 saturated carbocycles. The maximum absolute atomic E-state index is 13.1. The Morgan fingerprint density at radius 2 is 0.500 bits per heavy atom. The lowest BCUT2D eigenvalue weighted by molar-refractivity contribution is -0.161. The number of rotatable bonds is 82. The molecule has 0 heterocycles. The Kier molecular flexibility index (Phi) is 73.1. The molecule has 0 fully saturated rings. The zero-order valence-electron chi connectivity index (χ0n) is 66.9. The number of unbranched alkanes of at least 4 members (excludes halogenated alkanes) is 51. The molecule has 0 aliphatic carbocycles. The molecule has 19 heteroatoms. The number of hydrogen-bond donors (Lipinski definition) is 3. The maximum atomic E-state index is 13.1. The van der Waals surface area contributed by atoms with Crippen molar-refractivity contribution < 1.29 is 80.2 Å². The van der Waals surface area contributed by atoms with E-state index in [2.05, 4.69) is 41.5 Å². The van der Waals surface area contributed by atoms with Crippen LogP contribution in [0.2, 0.25) is 0 Å². The first-order valence-electron chi connectivity index (χ1n) is 43.0. The third-order valence-corrected chi connectivity index (χ3v) is 21.7. The summed E-state index contributed by atoms with van der Waals surface area (Å²) in [7, 11) is -9.92. The van der Waals surface area contributed by atoms with Crippen LogP contribution in [0.1, 0.15) is 440 Å². The summed E-state index contributed by atoms with van der Waals surface area (Å²) in [5.74, 6) is -0.501. The van der Waals surface area contributed by atoms with Crippen LogP contribution in [0.15, 0.2) is 0 Å². The second kappa shape index (κ2) is 74.5. The summed E-state index contributed by atoms with van der Waals surface area (Å²) >= 11 is 0. The van der Waals surface area contributed by atoms with E-state index in [0.29, 0.717) is 25.7 Å². The van der Waals surface area contributed by atoms with Crippen LogP contribution in [0.25, 0.3) is 0 Å². The number of carbonyl (C=O) groups is 4. The van der Waals surface area contributed by atoms with Crippen LogP contribution in [0.3, 0.4) is 0 Å². The Bertz CT molecular complexity index is 1960. The Morgan fingerprint density at radius 3 is 0.745 bits per heavy atom. The van der Waals surface area contributed by atoms with Crippen LogP contribution in [0, 0.1) is 11.8 Å². The molecule has 0 aliphatic rings. The lowest BCUT2D eigenvalue weighted by atomic mass is 9.99. The monoisotopic (exact) mass is 1490 g/mol. The highest BCUT2D eigenvalue weighted by Crippen LogP contribution is 2.45. The highest BCUT2D eigenvalue weighted by molar-refractivity contribution is 7.47. The first-order valence-corrected chi connectivity index (χ1v) is 46.0. The van der Waals surface area contributed by atoms with Gasteiger partial charge >= 0.3 is 39.5 Å². The van der Waals surface area contributed by atoms with Crippen molar-refractivity contribution in [1.82, 2.24) is 0 Å². The van der Waals surface area contributed by atoms with E-state index in [1.165, 1.54) is 257 Å². The van der Waals surface area contributed by atoms with Gasteiger partial charge in [-0.3, -0.25) is 37.3 Å². The van der Waals surface area contributed by atoms with Gasteiger partial charge in [0, 0.05) is 25.7 Å². The number of phosphoric ester groups is 2. The van der Waals surface area contributed by atoms with Crippen LogP contribution in [-0.2, 0) is 65.4 Å². The van der Waals surface area contributed by atoms with E-state index in [4.69, 9.17) is 37.0 Å². The summed E-state index contributed by atoms with van der Waals surface area (Å²) < 4.78 is 68.8. The SMILES string of the molecule is CCCCCCCCCCCCCCCCCCCCC(=O)O[C@H](COC(=O)CCCCCCCCCCCCCCCCC(C)C)COP(=O)(O)OC[C@@H](O)COP(=O)(O)OC[C@@H](COC(=O)CCCCCCCCCCCCCCC)OC(=O)CCCCCCCCCCCCC(C)CC. The molecule has 0 radical (unpaired) electrons. The van der Waals surface area contributed by atoms with Crippen LogP contribution in [0.5, 0.6) is 0 Å². The minimum Gasteiger partial charge on any atom is -0.462 e.